The van der Waals surface area contributed by atoms with Gasteiger partial charge in [0.05, 0.1) is 8.07 Å². The van der Waals surface area contributed by atoms with Gasteiger partial charge in [0.1, 0.15) is 0 Å². The van der Waals surface area contributed by atoms with Crippen LogP contribution in [0.2, 0.25) is 19.6 Å². The summed E-state index contributed by atoms with van der Waals surface area (Å²) >= 11 is 1.90. The summed E-state index contributed by atoms with van der Waals surface area (Å²) in [5.74, 6) is 0.703. The van der Waals surface area contributed by atoms with Crippen LogP contribution in [0.15, 0.2) is 91.3 Å². The minimum atomic E-state index is -2.09. The number of thiophene rings is 1. The van der Waals surface area contributed by atoms with Crippen LogP contribution in [0.3, 0.4) is 0 Å². The summed E-state index contributed by atoms with van der Waals surface area (Å²) in [5.41, 5.74) is 5.47. The van der Waals surface area contributed by atoms with E-state index in [-0.39, 0.29) is 25.7 Å². The molecule has 1 aliphatic carbocycles. The number of benzene rings is 3. The number of aryl methyl sites for hydroxylation is 1. The first kappa shape index (κ1) is 27.6. The van der Waals surface area contributed by atoms with E-state index >= 15 is 0 Å². The Hall–Kier alpha value is -2.95. The summed E-state index contributed by atoms with van der Waals surface area (Å²) < 4.78 is 24.4. The van der Waals surface area contributed by atoms with Crippen LogP contribution in [-0.2, 0) is 20.1 Å². The third kappa shape index (κ3) is 7.07. The van der Waals surface area contributed by atoms with Gasteiger partial charge in [0, 0.05) is 41.3 Å². The van der Waals surface area contributed by atoms with Gasteiger partial charge in [0.25, 0.3) is 0 Å². The summed E-state index contributed by atoms with van der Waals surface area (Å²) in [6, 6.07) is 33.0. The molecule has 0 bridgehead atoms. The van der Waals surface area contributed by atoms with Gasteiger partial charge in [0.2, 0.25) is 0 Å². The maximum absolute atomic E-state index is 7.23. The van der Waals surface area contributed by atoms with Crippen molar-refractivity contribution in [3.05, 3.63) is 115 Å². The Morgan fingerprint density at radius 2 is 1.63 bits per heavy atom. The molecule has 0 atom stereocenters. The summed E-state index contributed by atoms with van der Waals surface area (Å²) in [6.07, 6.45) is 10.3. The zero-order valence-corrected chi connectivity index (χ0v) is 29.1. The van der Waals surface area contributed by atoms with E-state index in [1.54, 1.807) is 23.4 Å². The van der Waals surface area contributed by atoms with E-state index in [1.807, 2.05) is 29.5 Å². The van der Waals surface area contributed by atoms with E-state index in [0.29, 0.717) is 5.92 Å². The van der Waals surface area contributed by atoms with E-state index in [1.165, 1.54) is 64.0 Å². The molecule has 3 heterocycles. The molecule has 1 fully saturated rings. The summed E-state index contributed by atoms with van der Waals surface area (Å²) in [5, 5.41) is 4.38. The Balaban J connectivity index is 0.000000209. The summed E-state index contributed by atoms with van der Waals surface area (Å²) in [6.45, 7) is 5.22. The van der Waals surface area contributed by atoms with E-state index in [9.17, 15) is 0 Å². The second kappa shape index (κ2) is 13.8. The Morgan fingerprint density at radius 1 is 0.814 bits per heavy atom. The molecule has 43 heavy (non-hydrogen) atoms. The van der Waals surface area contributed by atoms with Crippen LogP contribution < -0.4 is 5.19 Å². The molecule has 3 aromatic heterocycles. The van der Waals surface area contributed by atoms with Crippen LogP contribution >= 0.6 is 11.3 Å². The molecule has 3 aromatic carbocycles. The molecule has 221 valence electrons. The monoisotopic (exact) mass is 778 g/mol. The predicted molar refractivity (Wildman–Crippen MR) is 183 cm³/mol. The standard InChI is InChI=1S/C26H28NSSi.C12H10N.Ir/c1-29(2,3)24-14-8-13-23-25(24)21-12-7-11-20(26(21)28-23)22-16-15-19(17-27-22)18-9-5-4-6-10-18;1-10-7-8-12(13-9-10)11-5-3-2-4-6-11;/h7-8,12-18H,4-6,9-10H2,1-3H3;2-5,7-9H,1H3;/q2*-1;/i;1D3;. The number of aromatic nitrogens is 2. The third-order valence-corrected chi connectivity index (χ3v) is 11.4. The Morgan fingerprint density at radius 3 is 2.30 bits per heavy atom. The quantitative estimate of drug-likeness (QED) is 0.132. The van der Waals surface area contributed by atoms with Crippen molar-refractivity contribution in [3.63, 3.8) is 0 Å². The maximum Gasteiger partial charge on any atom is 0.0783 e. The average molecular weight is 778 g/mol. The molecule has 0 saturated heterocycles. The molecule has 1 saturated carbocycles. The number of nitrogens with zero attached hydrogens (tertiary/aromatic N) is 2. The normalized spacial score (nSPS) is 15.1. The first-order chi connectivity index (χ1) is 21.6. The number of pyridine rings is 2. The van der Waals surface area contributed by atoms with Gasteiger partial charge in [-0.3, -0.25) is 0 Å². The topological polar surface area (TPSA) is 25.8 Å². The molecule has 1 radical (unpaired) electrons. The smallest absolute Gasteiger partial charge is 0.0783 e. The fourth-order valence-corrected chi connectivity index (χ4v) is 8.88. The van der Waals surface area contributed by atoms with Crippen LogP contribution in [0, 0.1) is 19.0 Å². The van der Waals surface area contributed by atoms with Crippen LogP contribution in [0.5, 0.6) is 0 Å². The fraction of sp³-hybridized carbons (Fsp3) is 0.263. The van der Waals surface area contributed by atoms with Crippen molar-refractivity contribution in [3.8, 4) is 22.5 Å². The first-order valence-electron chi connectivity index (χ1n) is 16.4. The fourth-order valence-electron chi connectivity index (χ4n) is 5.94. The van der Waals surface area contributed by atoms with E-state index in [2.05, 4.69) is 85.4 Å². The van der Waals surface area contributed by atoms with Gasteiger partial charge in [-0.05, 0) is 64.3 Å². The number of rotatable bonds is 4. The predicted octanol–water partition coefficient (Wildman–Crippen LogP) is 10.4. The number of hydrogen-bond acceptors (Lipinski definition) is 3. The van der Waals surface area contributed by atoms with Gasteiger partial charge in [-0.2, -0.15) is 11.3 Å². The second-order valence-corrected chi connectivity index (χ2v) is 18.2. The van der Waals surface area contributed by atoms with Crippen molar-refractivity contribution >= 4 is 44.8 Å². The van der Waals surface area contributed by atoms with Crippen molar-refractivity contribution < 1.29 is 24.2 Å². The van der Waals surface area contributed by atoms with Crippen LogP contribution in [-0.4, -0.2) is 18.0 Å². The largest absolute Gasteiger partial charge is 0.304 e. The van der Waals surface area contributed by atoms with E-state index in [4.69, 9.17) is 9.10 Å². The zero-order chi connectivity index (χ0) is 31.6. The molecule has 0 amide bonds. The molecule has 0 N–H and O–H groups in total. The molecule has 5 heteroatoms. The first-order valence-corrected chi connectivity index (χ1v) is 19.2. The molecule has 0 aliphatic heterocycles. The van der Waals surface area contributed by atoms with Gasteiger partial charge < -0.3 is 9.97 Å². The van der Waals surface area contributed by atoms with Gasteiger partial charge in [0.15, 0.2) is 0 Å². The van der Waals surface area contributed by atoms with Gasteiger partial charge in [-0.15, -0.1) is 59.7 Å². The number of hydrogen-bond donors (Lipinski definition) is 0. The zero-order valence-electron chi connectivity index (χ0n) is 27.9. The van der Waals surface area contributed by atoms with Gasteiger partial charge >= 0.3 is 0 Å². The molecule has 0 unspecified atom stereocenters. The van der Waals surface area contributed by atoms with Crippen LogP contribution in [0.4, 0.5) is 0 Å². The Kier molecular flexibility index (Phi) is 8.84. The van der Waals surface area contributed by atoms with E-state index in [0.717, 1.165) is 22.5 Å². The molecule has 0 spiro atoms. The van der Waals surface area contributed by atoms with E-state index < -0.39 is 14.9 Å². The SMILES string of the molecule is C[Si](C)(C)c1cccc2sc3c(-c4ccc(C5CCCCC5)cn4)[c-]ccc3c12.[2H]C([2H])([2H])c1ccc(-c2[c-]cccc2)nc1.[Ir]. The summed E-state index contributed by atoms with van der Waals surface area (Å²) in [7, 11) is -1.42. The molecule has 1 aliphatic rings. The summed E-state index contributed by atoms with van der Waals surface area (Å²) in [4.78, 5) is 9.02. The van der Waals surface area contributed by atoms with Crippen LogP contribution in [0.1, 0.15) is 53.3 Å². The van der Waals surface area contributed by atoms with Crippen molar-refractivity contribution in [2.75, 3.05) is 0 Å². The van der Waals surface area contributed by atoms with Crippen molar-refractivity contribution in [1.82, 2.24) is 9.97 Å². The molecular formula is C38H38IrN2SSi-2. The third-order valence-electron chi connectivity index (χ3n) is 8.13. The van der Waals surface area contributed by atoms with Crippen molar-refractivity contribution in [2.24, 2.45) is 0 Å². The Bertz CT molecular complexity index is 1890. The minimum Gasteiger partial charge on any atom is -0.304 e. The average Bonchev–Trinajstić information content (AvgIpc) is 3.44. The number of fused-ring (bicyclic) bond motifs is 3. The van der Waals surface area contributed by atoms with Crippen LogP contribution in [0.25, 0.3) is 42.7 Å². The molecule has 2 nitrogen and oxygen atoms in total. The Labute approximate surface area is 279 Å². The molecular weight excluding hydrogens is 737 g/mol. The van der Waals surface area contributed by atoms with Gasteiger partial charge in [-0.1, -0.05) is 85.9 Å². The molecule has 6 aromatic rings. The minimum absolute atomic E-state index is 0. The second-order valence-electron chi connectivity index (χ2n) is 12.1. The van der Waals surface area contributed by atoms with Crippen molar-refractivity contribution in [2.45, 2.75) is 64.5 Å². The van der Waals surface area contributed by atoms with Crippen molar-refractivity contribution in [1.29, 1.82) is 0 Å². The molecule has 7 rings (SSSR count). The maximum atomic E-state index is 7.23. The van der Waals surface area contributed by atoms with Gasteiger partial charge in [-0.25, -0.2) is 0 Å².